The van der Waals surface area contributed by atoms with Crippen molar-refractivity contribution in [2.45, 2.75) is 52.6 Å². The van der Waals surface area contributed by atoms with Crippen LogP contribution in [0.1, 0.15) is 54.9 Å². The fourth-order valence-corrected chi connectivity index (χ4v) is 5.53. The number of aliphatic hydroxyl groups excluding tert-OH is 2. The van der Waals surface area contributed by atoms with Gasteiger partial charge in [0.1, 0.15) is 16.5 Å². The van der Waals surface area contributed by atoms with Gasteiger partial charge in [-0.2, -0.15) is 9.97 Å². The van der Waals surface area contributed by atoms with E-state index < -0.39 is 0 Å². The maximum atomic E-state index is 12.2. The van der Waals surface area contributed by atoms with Gasteiger partial charge in [-0.3, -0.25) is 5.32 Å². The first kappa shape index (κ1) is 25.6. The molecule has 0 aliphatic carbocycles. The van der Waals surface area contributed by atoms with Crippen LogP contribution in [-0.2, 0) is 4.74 Å². The van der Waals surface area contributed by atoms with Gasteiger partial charge in [-0.05, 0) is 51.4 Å². The zero-order valence-electron chi connectivity index (χ0n) is 20.7. The Labute approximate surface area is 210 Å². The number of aryl methyl sites for hydroxylation is 1. The fraction of sp³-hybridized carbons (Fsp3) is 0.667. The number of hydrogen-bond acceptors (Lipinski definition) is 11. The van der Waals surface area contributed by atoms with Crippen LogP contribution in [-0.4, -0.2) is 76.6 Å². The summed E-state index contributed by atoms with van der Waals surface area (Å²) >= 11 is 1.23. The average Bonchev–Trinajstić information content (AvgIpc) is 3.23. The molecule has 3 N–H and O–H groups in total. The first-order chi connectivity index (χ1) is 16.9. The van der Waals surface area contributed by atoms with Gasteiger partial charge in [0.2, 0.25) is 5.95 Å². The molecule has 4 rings (SSSR count). The van der Waals surface area contributed by atoms with Crippen LogP contribution in [0.5, 0.6) is 0 Å². The largest absolute Gasteiger partial charge is 0.462 e. The second kappa shape index (κ2) is 11.5. The Kier molecular flexibility index (Phi) is 8.40. The summed E-state index contributed by atoms with van der Waals surface area (Å²) in [7, 11) is 0. The van der Waals surface area contributed by atoms with E-state index >= 15 is 0 Å². The summed E-state index contributed by atoms with van der Waals surface area (Å²) in [5.74, 6) is 2.53. The van der Waals surface area contributed by atoms with Gasteiger partial charge in [0.15, 0.2) is 5.13 Å². The lowest BCUT2D eigenvalue weighted by molar-refractivity contribution is 0.0531. The van der Waals surface area contributed by atoms with Crippen molar-refractivity contribution in [3.05, 3.63) is 16.6 Å². The number of anilines is 4. The van der Waals surface area contributed by atoms with Gasteiger partial charge in [-0.25, -0.2) is 9.78 Å². The molecule has 35 heavy (non-hydrogen) atoms. The van der Waals surface area contributed by atoms with Crippen LogP contribution in [0.2, 0.25) is 0 Å². The van der Waals surface area contributed by atoms with E-state index in [0.29, 0.717) is 52.9 Å². The van der Waals surface area contributed by atoms with E-state index in [-0.39, 0.29) is 18.7 Å². The van der Waals surface area contributed by atoms with Crippen molar-refractivity contribution in [2.75, 3.05) is 54.5 Å². The molecular formula is C24H36N6O4S. The lowest BCUT2D eigenvalue weighted by atomic mass is 9.86. The molecule has 2 aromatic rings. The number of hydrogen-bond donors (Lipinski definition) is 3. The van der Waals surface area contributed by atoms with E-state index in [0.717, 1.165) is 50.7 Å². The Bertz CT molecular complexity index is 1000. The topological polar surface area (TPSA) is 124 Å². The molecule has 2 fully saturated rings. The second-order valence-electron chi connectivity index (χ2n) is 9.39. The zero-order valence-corrected chi connectivity index (χ0v) is 21.6. The third-order valence-electron chi connectivity index (χ3n) is 6.92. The molecule has 0 amide bonds. The maximum absolute atomic E-state index is 12.2. The molecule has 1 atom stereocenters. The van der Waals surface area contributed by atoms with E-state index in [1.54, 1.807) is 13.8 Å². The Morgan fingerprint density at radius 3 is 2.31 bits per heavy atom. The third-order valence-corrected chi connectivity index (χ3v) is 7.97. The number of carbonyl (C=O) groups excluding carboxylic acids is 1. The Balaban J connectivity index is 1.57. The molecule has 0 aromatic carbocycles. The molecule has 192 valence electrons. The first-order valence-corrected chi connectivity index (χ1v) is 13.3. The normalized spacial score (nSPS) is 18.5. The van der Waals surface area contributed by atoms with Crippen molar-refractivity contribution in [2.24, 2.45) is 11.8 Å². The summed E-state index contributed by atoms with van der Waals surface area (Å²) in [6.45, 7) is 9.40. The van der Waals surface area contributed by atoms with Crippen molar-refractivity contribution >= 4 is 40.0 Å². The lowest BCUT2D eigenvalue weighted by Gasteiger charge is -2.36. The number of ether oxygens (including phenoxy) is 1. The van der Waals surface area contributed by atoms with Gasteiger partial charge < -0.3 is 24.7 Å². The molecule has 4 heterocycles. The number of carbonyl (C=O) groups is 1. The summed E-state index contributed by atoms with van der Waals surface area (Å²) in [5, 5.41) is 23.2. The van der Waals surface area contributed by atoms with E-state index in [1.165, 1.54) is 11.3 Å². The Morgan fingerprint density at radius 1 is 1.14 bits per heavy atom. The smallest absolute Gasteiger partial charge is 0.350 e. The summed E-state index contributed by atoms with van der Waals surface area (Å²) in [6.07, 6.45) is 3.17. The molecule has 0 spiro atoms. The molecule has 2 saturated heterocycles. The molecule has 2 aromatic heterocycles. The predicted molar refractivity (Wildman–Crippen MR) is 137 cm³/mol. The molecule has 1 unspecified atom stereocenters. The average molecular weight is 505 g/mol. The number of nitrogens with zero attached hydrogens (tertiary/aromatic N) is 5. The molecule has 2 aliphatic rings. The van der Waals surface area contributed by atoms with E-state index in [1.807, 2.05) is 6.07 Å². The van der Waals surface area contributed by atoms with Crippen LogP contribution in [0.15, 0.2) is 6.07 Å². The predicted octanol–water partition coefficient (Wildman–Crippen LogP) is 2.97. The monoisotopic (exact) mass is 504 g/mol. The van der Waals surface area contributed by atoms with Crippen LogP contribution in [0, 0.1) is 18.8 Å². The lowest BCUT2D eigenvalue weighted by Crippen LogP contribution is -2.38. The standard InChI is InChI=1S/C24H36N6O4S/c1-4-34-22(33)21-16(3)25-24(35-21)28-23-26-19(29-9-5-17(6-10-29)15(2)14-31)13-20(27-23)30-11-7-18(32)8-12-30/h13,15,17-18,31-32H,4-12,14H2,1-3H3,(H,25,26,27,28). The van der Waals surface area contributed by atoms with Gasteiger partial charge in [0, 0.05) is 38.9 Å². The number of esters is 1. The van der Waals surface area contributed by atoms with E-state index in [4.69, 9.17) is 14.7 Å². The van der Waals surface area contributed by atoms with Crippen LogP contribution in [0.25, 0.3) is 0 Å². The number of piperidine rings is 2. The summed E-state index contributed by atoms with van der Waals surface area (Å²) in [4.78, 5) is 31.2. The SMILES string of the molecule is CCOC(=O)c1sc(Nc2nc(N3CCC(O)CC3)cc(N3CCC(C(C)CO)CC3)n2)nc1C. The minimum Gasteiger partial charge on any atom is -0.462 e. The van der Waals surface area contributed by atoms with Crippen LogP contribution < -0.4 is 15.1 Å². The highest BCUT2D eigenvalue weighted by Gasteiger charge is 2.26. The van der Waals surface area contributed by atoms with E-state index in [2.05, 4.69) is 27.0 Å². The molecule has 0 bridgehead atoms. The summed E-state index contributed by atoms with van der Waals surface area (Å²) in [6, 6.07) is 2.02. The van der Waals surface area contributed by atoms with Crippen LogP contribution in [0.4, 0.5) is 22.7 Å². The summed E-state index contributed by atoms with van der Waals surface area (Å²) < 4.78 is 5.13. The molecule has 2 aliphatic heterocycles. The molecule has 11 heteroatoms. The van der Waals surface area contributed by atoms with Gasteiger partial charge in [0.25, 0.3) is 0 Å². The van der Waals surface area contributed by atoms with Crippen molar-refractivity contribution in [1.29, 1.82) is 0 Å². The van der Waals surface area contributed by atoms with Crippen LogP contribution >= 0.6 is 11.3 Å². The Hall–Kier alpha value is -2.50. The molecular weight excluding hydrogens is 468 g/mol. The van der Waals surface area contributed by atoms with Gasteiger partial charge in [-0.15, -0.1) is 0 Å². The van der Waals surface area contributed by atoms with Crippen molar-refractivity contribution in [3.8, 4) is 0 Å². The second-order valence-corrected chi connectivity index (χ2v) is 10.4. The van der Waals surface area contributed by atoms with Crippen molar-refractivity contribution < 1.29 is 19.7 Å². The van der Waals surface area contributed by atoms with Crippen molar-refractivity contribution in [1.82, 2.24) is 15.0 Å². The fourth-order valence-electron chi connectivity index (χ4n) is 4.68. The highest BCUT2D eigenvalue weighted by atomic mass is 32.1. The highest BCUT2D eigenvalue weighted by Crippen LogP contribution is 2.31. The quantitative estimate of drug-likeness (QED) is 0.462. The molecule has 0 radical (unpaired) electrons. The molecule has 0 saturated carbocycles. The van der Waals surface area contributed by atoms with Gasteiger partial charge in [0.05, 0.1) is 18.4 Å². The minimum atomic E-state index is -0.377. The highest BCUT2D eigenvalue weighted by molar-refractivity contribution is 7.17. The van der Waals surface area contributed by atoms with Crippen molar-refractivity contribution in [3.63, 3.8) is 0 Å². The number of rotatable bonds is 8. The number of aliphatic hydroxyl groups is 2. The van der Waals surface area contributed by atoms with Crippen LogP contribution in [0.3, 0.4) is 0 Å². The number of thiazole rings is 1. The summed E-state index contributed by atoms with van der Waals surface area (Å²) in [5.41, 5.74) is 0.609. The van der Waals surface area contributed by atoms with E-state index in [9.17, 15) is 15.0 Å². The first-order valence-electron chi connectivity index (χ1n) is 12.5. The number of aromatic nitrogens is 3. The van der Waals surface area contributed by atoms with Gasteiger partial charge >= 0.3 is 5.97 Å². The Morgan fingerprint density at radius 2 is 1.74 bits per heavy atom. The minimum absolute atomic E-state index is 0.220. The zero-order chi connectivity index (χ0) is 24.9. The molecule has 10 nitrogen and oxygen atoms in total. The van der Waals surface area contributed by atoms with Gasteiger partial charge in [-0.1, -0.05) is 18.3 Å². The maximum Gasteiger partial charge on any atom is 0.350 e. The number of nitrogens with one attached hydrogen (secondary N) is 1. The third kappa shape index (κ3) is 6.20.